The molecule has 0 bridgehead atoms. The first kappa shape index (κ1) is 28.5. The maximum atomic E-state index is 12.2. The smallest absolute Gasteiger partial charge is 0.408 e. The maximum Gasteiger partial charge on any atom is 0.408 e. The molecule has 0 radical (unpaired) electrons. The highest BCUT2D eigenvalue weighted by atomic mass is 32.2. The standard InChI is InChI=1S/C21H40N6O5S2/c1-14(23-18(22)25-15-10-12-27(13-11-15)34(6,29)30)24-20(33-5)31-17-9-7-8-16(17)26-19(28)32-21(2,3)4/h14-17H,7-13H2,1-6H3,(H,26,28)(H3,22,23,25)/t14?,16-,17-/m0/s1. The van der Waals surface area contributed by atoms with E-state index in [2.05, 4.69) is 20.6 Å². The Morgan fingerprint density at radius 2 is 1.85 bits per heavy atom. The van der Waals surface area contributed by atoms with Crippen molar-refractivity contribution >= 4 is 39.1 Å². The van der Waals surface area contributed by atoms with Crippen molar-refractivity contribution < 1.29 is 22.7 Å². The number of aliphatic imine (C=N–C) groups is 2. The zero-order valence-corrected chi connectivity index (χ0v) is 22.7. The van der Waals surface area contributed by atoms with Gasteiger partial charge in [-0.25, -0.2) is 27.5 Å². The molecule has 3 atom stereocenters. The number of hydrogen-bond donors (Lipinski definition) is 3. The predicted octanol–water partition coefficient (Wildman–Crippen LogP) is 1.84. The van der Waals surface area contributed by atoms with Crippen molar-refractivity contribution in [2.45, 2.75) is 89.8 Å². The lowest BCUT2D eigenvalue weighted by Gasteiger charge is -2.28. The number of thioether (sulfide) groups is 1. The molecule has 1 saturated carbocycles. The summed E-state index contributed by atoms with van der Waals surface area (Å²) in [4.78, 5) is 21.2. The van der Waals surface area contributed by atoms with E-state index in [4.69, 9.17) is 15.2 Å². The summed E-state index contributed by atoms with van der Waals surface area (Å²) in [7, 11) is -3.17. The Balaban J connectivity index is 1.88. The summed E-state index contributed by atoms with van der Waals surface area (Å²) in [6.07, 6.45) is 5.92. The molecule has 196 valence electrons. The number of piperidine rings is 1. The summed E-state index contributed by atoms with van der Waals surface area (Å²) in [5.41, 5.74) is 5.51. The van der Waals surface area contributed by atoms with E-state index in [0.717, 1.165) is 19.3 Å². The average molecular weight is 521 g/mol. The molecule has 11 nitrogen and oxygen atoms in total. The molecular weight excluding hydrogens is 480 g/mol. The number of rotatable bonds is 6. The van der Waals surface area contributed by atoms with Gasteiger partial charge in [-0.2, -0.15) is 0 Å². The number of nitrogens with one attached hydrogen (secondary N) is 2. The molecule has 1 aliphatic heterocycles. The van der Waals surface area contributed by atoms with Crippen molar-refractivity contribution in [1.82, 2.24) is 14.9 Å². The largest absolute Gasteiger partial charge is 0.468 e. The monoisotopic (exact) mass is 520 g/mol. The topological polar surface area (TPSA) is 148 Å². The van der Waals surface area contributed by atoms with Gasteiger partial charge in [-0.3, -0.25) is 0 Å². The van der Waals surface area contributed by atoms with Crippen LogP contribution in [0.4, 0.5) is 4.79 Å². The minimum Gasteiger partial charge on any atom is -0.468 e. The summed E-state index contributed by atoms with van der Waals surface area (Å²) in [5.74, 6) is 0.264. The van der Waals surface area contributed by atoms with E-state index in [1.54, 1.807) is 0 Å². The maximum absolute atomic E-state index is 12.2. The van der Waals surface area contributed by atoms with Crippen LogP contribution in [0.2, 0.25) is 0 Å². The molecule has 34 heavy (non-hydrogen) atoms. The van der Waals surface area contributed by atoms with Crippen LogP contribution in [0.15, 0.2) is 9.98 Å². The number of sulfonamides is 1. The van der Waals surface area contributed by atoms with E-state index >= 15 is 0 Å². The quantitative estimate of drug-likeness (QED) is 0.355. The molecule has 2 aliphatic rings. The second-order valence-electron chi connectivity index (χ2n) is 9.67. The second-order valence-corrected chi connectivity index (χ2v) is 12.4. The van der Waals surface area contributed by atoms with Gasteiger partial charge in [-0.15, -0.1) is 0 Å². The van der Waals surface area contributed by atoms with Crippen LogP contribution in [0.1, 0.15) is 59.8 Å². The van der Waals surface area contributed by atoms with Crippen molar-refractivity contribution in [3.63, 3.8) is 0 Å². The number of nitrogens with zero attached hydrogens (tertiary/aromatic N) is 3. The van der Waals surface area contributed by atoms with Gasteiger partial charge in [0, 0.05) is 13.1 Å². The first-order chi connectivity index (χ1) is 15.8. The van der Waals surface area contributed by atoms with E-state index in [-0.39, 0.29) is 30.3 Å². The van der Waals surface area contributed by atoms with Crippen molar-refractivity contribution in [3.05, 3.63) is 0 Å². The summed E-state index contributed by atoms with van der Waals surface area (Å²) in [6.45, 7) is 8.22. The molecule has 1 unspecified atom stereocenters. The minimum absolute atomic E-state index is 0.0314. The summed E-state index contributed by atoms with van der Waals surface area (Å²) in [6, 6.07) is -0.170. The third-order valence-corrected chi connectivity index (χ3v) is 7.31. The van der Waals surface area contributed by atoms with Crippen LogP contribution in [0.25, 0.3) is 0 Å². The lowest BCUT2D eigenvalue weighted by atomic mass is 10.1. The Morgan fingerprint density at radius 3 is 2.41 bits per heavy atom. The van der Waals surface area contributed by atoms with Gasteiger partial charge in [0.25, 0.3) is 0 Å². The highest BCUT2D eigenvalue weighted by Gasteiger charge is 2.32. The Labute approximate surface area is 207 Å². The third kappa shape index (κ3) is 9.87. The van der Waals surface area contributed by atoms with Crippen molar-refractivity contribution in [1.29, 1.82) is 0 Å². The van der Waals surface area contributed by atoms with Crippen LogP contribution in [0, 0.1) is 0 Å². The molecule has 1 amide bonds. The Morgan fingerprint density at radius 1 is 1.21 bits per heavy atom. The van der Waals surface area contributed by atoms with Crippen LogP contribution < -0.4 is 16.4 Å². The molecule has 0 aromatic carbocycles. The van der Waals surface area contributed by atoms with Gasteiger partial charge in [0.2, 0.25) is 15.3 Å². The van der Waals surface area contributed by atoms with E-state index < -0.39 is 21.7 Å². The van der Waals surface area contributed by atoms with Crippen LogP contribution in [-0.4, -0.2) is 85.6 Å². The molecule has 13 heteroatoms. The lowest BCUT2D eigenvalue weighted by molar-refractivity contribution is 0.0460. The van der Waals surface area contributed by atoms with Gasteiger partial charge in [-0.1, -0.05) is 11.8 Å². The molecule has 1 aliphatic carbocycles. The average Bonchev–Trinajstić information content (AvgIpc) is 3.11. The van der Waals surface area contributed by atoms with Crippen LogP contribution in [0.3, 0.4) is 0 Å². The Hall–Kier alpha value is -1.73. The van der Waals surface area contributed by atoms with E-state index in [0.29, 0.717) is 31.2 Å². The molecule has 2 rings (SSSR count). The predicted molar refractivity (Wildman–Crippen MR) is 136 cm³/mol. The molecular formula is C21H40N6O5S2. The number of guanidine groups is 1. The molecule has 0 spiro atoms. The second kappa shape index (κ2) is 12.3. The normalized spacial score (nSPS) is 24.5. The van der Waals surface area contributed by atoms with Gasteiger partial charge < -0.3 is 25.8 Å². The fraction of sp³-hybridized carbons (Fsp3) is 0.857. The van der Waals surface area contributed by atoms with E-state index in [1.807, 2.05) is 34.0 Å². The Kier molecular flexibility index (Phi) is 10.3. The highest BCUT2D eigenvalue weighted by Crippen LogP contribution is 2.24. The summed E-state index contributed by atoms with van der Waals surface area (Å²) < 4.78 is 36.2. The van der Waals surface area contributed by atoms with E-state index in [9.17, 15) is 13.2 Å². The number of carbonyl (C=O) groups excluding carboxylic acids is 1. The molecule has 1 heterocycles. The minimum atomic E-state index is -3.17. The first-order valence-corrected chi connectivity index (χ1v) is 14.7. The number of amides is 1. The van der Waals surface area contributed by atoms with Gasteiger partial charge in [0.15, 0.2) is 5.96 Å². The van der Waals surface area contributed by atoms with Crippen molar-refractivity contribution in [3.8, 4) is 0 Å². The number of hydrogen-bond acceptors (Lipinski definition) is 8. The molecule has 0 aromatic heterocycles. The lowest BCUT2D eigenvalue weighted by Crippen LogP contribution is -2.44. The van der Waals surface area contributed by atoms with Crippen LogP contribution >= 0.6 is 11.8 Å². The van der Waals surface area contributed by atoms with Gasteiger partial charge in [0.1, 0.15) is 17.9 Å². The highest BCUT2D eigenvalue weighted by molar-refractivity contribution is 8.12. The number of nitrogens with two attached hydrogens (primary N) is 1. The molecule has 1 saturated heterocycles. The SMILES string of the molecule is CSC(=NC(C)NC(N)=NC1CCN(S(C)(=O)=O)CC1)O[C@H]1CCC[C@@H]1NC(=O)OC(C)(C)C. The van der Waals surface area contributed by atoms with Crippen molar-refractivity contribution in [2.75, 3.05) is 25.6 Å². The Bertz CT molecular complexity index is 850. The fourth-order valence-electron chi connectivity index (χ4n) is 3.89. The number of alkyl carbamates (subject to hydrolysis) is 1. The molecule has 0 aromatic rings. The van der Waals surface area contributed by atoms with Crippen molar-refractivity contribution in [2.24, 2.45) is 15.7 Å². The zero-order chi connectivity index (χ0) is 25.5. The summed E-state index contributed by atoms with van der Waals surface area (Å²) >= 11 is 1.38. The van der Waals surface area contributed by atoms with Gasteiger partial charge in [-0.05, 0) is 66.1 Å². The number of ether oxygens (including phenoxy) is 2. The van der Waals surface area contributed by atoms with E-state index in [1.165, 1.54) is 22.3 Å². The van der Waals surface area contributed by atoms with Crippen LogP contribution in [-0.2, 0) is 19.5 Å². The zero-order valence-electron chi connectivity index (χ0n) is 21.0. The molecule has 2 fully saturated rings. The first-order valence-electron chi connectivity index (χ1n) is 11.6. The summed E-state index contributed by atoms with van der Waals surface area (Å²) in [5, 5.41) is 6.46. The molecule has 4 N–H and O–H groups in total. The number of carbonyl (C=O) groups is 1. The fourth-order valence-corrected chi connectivity index (χ4v) is 5.25. The van der Waals surface area contributed by atoms with Crippen LogP contribution in [0.5, 0.6) is 0 Å². The third-order valence-electron chi connectivity index (χ3n) is 5.45. The van der Waals surface area contributed by atoms with Gasteiger partial charge in [0.05, 0.1) is 18.3 Å². The van der Waals surface area contributed by atoms with Gasteiger partial charge >= 0.3 is 6.09 Å².